The zero-order chi connectivity index (χ0) is 15.4. The van der Waals surface area contributed by atoms with Gasteiger partial charge in [0.05, 0.1) is 18.8 Å². The van der Waals surface area contributed by atoms with Gasteiger partial charge in [0.15, 0.2) is 0 Å². The predicted octanol–water partition coefficient (Wildman–Crippen LogP) is 1.85. The van der Waals surface area contributed by atoms with E-state index >= 15 is 0 Å². The van der Waals surface area contributed by atoms with Crippen molar-refractivity contribution in [3.63, 3.8) is 0 Å². The Morgan fingerprint density at radius 1 is 1.20 bits per heavy atom. The topological polar surface area (TPSA) is 69.6 Å². The summed E-state index contributed by atoms with van der Waals surface area (Å²) in [5.74, 6) is -0.277. The van der Waals surface area contributed by atoms with E-state index in [1.807, 2.05) is 25.1 Å². The standard InChI is InChI=1S/C16H25NO3/c1-5-16(10-18,11-19)17-14(20)12-7-6-8-13(9-12)15(2,3)4/h6-9,18-19H,5,10-11H2,1-4H3,(H,17,20). The number of carbonyl (C=O) groups is 1. The molecule has 4 nitrogen and oxygen atoms in total. The van der Waals surface area contributed by atoms with Gasteiger partial charge in [0.1, 0.15) is 0 Å². The Bertz CT molecular complexity index is 451. The van der Waals surface area contributed by atoms with Crippen molar-refractivity contribution >= 4 is 5.91 Å². The van der Waals surface area contributed by atoms with Gasteiger partial charge < -0.3 is 15.5 Å². The molecule has 0 heterocycles. The van der Waals surface area contributed by atoms with E-state index in [-0.39, 0.29) is 24.5 Å². The van der Waals surface area contributed by atoms with Crippen molar-refractivity contribution in [3.8, 4) is 0 Å². The van der Waals surface area contributed by atoms with Crippen molar-refractivity contribution < 1.29 is 15.0 Å². The molecule has 0 unspecified atom stereocenters. The minimum atomic E-state index is -0.963. The Kier molecular flexibility index (Phi) is 5.31. The van der Waals surface area contributed by atoms with E-state index < -0.39 is 5.54 Å². The Morgan fingerprint density at radius 2 is 1.80 bits per heavy atom. The van der Waals surface area contributed by atoms with E-state index in [0.717, 1.165) is 5.56 Å². The molecule has 0 aromatic heterocycles. The molecule has 0 saturated heterocycles. The van der Waals surface area contributed by atoms with Crippen molar-refractivity contribution in [2.75, 3.05) is 13.2 Å². The number of rotatable bonds is 5. The SMILES string of the molecule is CCC(CO)(CO)NC(=O)c1cccc(C(C)(C)C)c1. The second kappa shape index (κ2) is 6.37. The van der Waals surface area contributed by atoms with Crippen LogP contribution in [0.2, 0.25) is 0 Å². The molecule has 0 aliphatic carbocycles. The van der Waals surface area contributed by atoms with E-state index in [9.17, 15) is 15.0 Å². The first-order chi connectivity index (χ1) is 9.28. The quantitative estimate of drug-likeness (QED) is 0.770. The maximum atomic E-state index is 12.3. The molecule has 0 bridgehead atoms. The number of benzene rings is 1. The number of hydrogen-bond donors (Lipinski definition) is 3. The fourth-order valence-electron chi connectivity index (χ4n) is 1.88. The average molecular weight is 279 g/mol. The summed E-state index contributed by atoms with van der Waals surface area (Å²) in [6.07, 6.45) is 0.463. The maximum Gasteiger partial charge on any atom is 0.251 e. The summed E-state index contributed by atoms with van der Waals surface area (Å²) in [5.41, 5.74) is 0.610. The van der Waals surface area contributed by atoms with Gasteiger partial charge in [-0.15, -0.1) is 0 Å². The van der Waals surface area contributed by atoms with Crippen molar-refractivity contribution in [1.29, 1.82) is 0 Å². The first kappa shape index (κ1) is 16.7. The Morgan fingerprint density at radius 3 is 2.25 bits per heavy atom. The van der Waals surface area contributed by atoms with Crippen LogP contribution in [-0.4, -0.2) is 34.9 Å². The normalized spacial score (nSPS) is 12.3. The van der Waals surface area contributed by atoms with Crippen LogP contribution in [0.25, 0.3) is 0 Å². The molecule has 20 heavy (non-hydrogen) atoms. The number of nitrogens with one attached hydrogen (secondary N) is 1. The second-order valence-corrected chi connectivity index (χ2v) is 6.24. The molecule has 0 aliphatic rings. The summed E-state index contributed by atoms with van der Waals surface area (Å²) < 4.78 is 0. The number of aliphatic hydroxyl groups excluding tert-OH is 2. The molecule has 1 rings (SSSR count). The van der Waals surface area contributed by atoms with Crippen molar-refractivity contribution in [2.45, 2.75) is 45.1 Å². The molecule has 1 amide bonds. The van der Waals surface area contributed by atoms with Gasteiger partial charge in [0.25, 0.3) is 5.91 Å². The molecular formula is C16H25NO3. The van der Waals surface area contributed by atoms with Gasteiger partial charge in [-0.3, -0.25) is 4.79 Å². The number of carbonyl (C=O) groups excluding carboxylic acids is 1. The molecule has 0 radical (unpaired) electrons. The molecule has 112 valence electrons. The molecule has 0 spiro atoms. The summed E-state index contributed by atoms with van der Waals surface area (Å²) in [6.45, 7) is 7.50. The molecule has 4 heteroatoms. The van der Waals surface area contributed by atoms with E-state index in [1.165, 1.54) is 0 Å². The molecule has 3 N–H and O–H groups in total. The van der Waals surface area contributed by atoms with Crippen LogP contribution in [0, 0.1) is 0 Å². The van der Waals surface area contributed by atoms with Gasteiger partial charge in [0.2, 0.25) is 0 Å². The minimum Gasteiger partial charge on any atom is -0.394 e. The van der Waals surface area contributed by atoms with Crippen LogP contribution in [0.4, 0.5) is 0 Å². The van der Waals surface area contributed by atoms with Gasteiger partial charge in [-0.2, -0.15) is 0 Å². The molecular weight excluding hydrogens is 254 g/mol. The van der Waals surface area contributed by atoms with Crippen molar-refractivity contribution in [2.24, 2.45) is 0 Å². The minimum absolute atomic E-state index is 0.0356. The van der Waals surface area contributed by atoms with E-state index in [1.54, 1.807) is 6.07 Å². The largest absolute Gasteiger partial charge is 0.394 e. The van der Waals surface area contributed by atoms with E-state index in [2.05, 4.69) is 26.1 Å². The lowest BCUT2D eigenvalue weighted by Crippen LogP contribution is -2.53. The maximum absolute atomic E-state index is 12.3. The highest BCUT2D eigenvalue weighted by Crippen LogP contribution is 2.23. The van der Waals surface area contributed by atoms with Crippen LogP contribution in [0.5, 0.6) is 0 Å². The number of aliphatic hydroxyl groups is 2. The lowest BCUT2D eigenvalue weighted by atomic mass is 9.86. The first-order valence-electron chi connectivity index (χ1n) is 6.93. The Labute approximate surface area is 120 Å². The van der Waals surface area contributed by atoms with Gasteiger partial charge in [-0.1, -0.05) is 39.8 Å². The van der Waals surface area contributed by atoms with Gasteiger partial charge >= 0.3 is 0 Å². The van der Waals surface area contributed by atoms with Crippen molar-refractivity contribution in [3.05, 3.63) is 35.4 Å². The average Bonchev–Trinajstić information content (AvgIpc) is 2.44. The van der Waals surface area contributed by atoms with Crippen LogP contribution in [0.3, 0.4) is 0 Å². The number of amides is 1. The van der Waals surface area contributed by atoms with E-state index in [0.29, 0.717) is 12.0 Å². The summed E-state index contributed by atoms with van der Waals surface area (Å²) in [7, 11) is 0. The van der Waals surface area contributed by atoms with Crippen LogP contribution in [-0.2, 0) is 5.41 Å². The third-order valence-electron chi connectivity index (χ3n) is 3.65. The van der Waals surface area contributed by atoms with Crippen LogP contribution in [0.15, 0.2) is 24.3 Å². The molecule has 0 saturated carbocycles. The zero-order valence-corrected chi connectivity index (χ0v) is 12.7. The predicted molar refractivity (Wildman–Crippen MR) is 79.8 cm³/mol. The Balaban J connectivity index is 2.99. The Hall–Kier alpha value is -1.39. The summed E-state index contributed by atoms with van der Waals surface area (Å²) in [6, 6.07) is 7.42. The highest BCUT2D eigenvalue weighted by molar-refractivity contribution is 5.95. The third kappa shape index (κ3) is 3.81. The van der Waals surface area contributed by atoms with E-state index in [4.69, 9.17) is 0 Å². The summed E-state index contributed by atoms with van der Waals surface area (Å²) in [5, 5.41) is 21.5. The van der Waals surface area contributed by atoms with Crippen molar-refractivity contribution in [1.82, 2.24) is 5.32 Å². The zero-order valence-electron chi connectivity index (χ0n) is 12.7. The molecule has 0 aliphatic heterocycles. The van der Waals surface area contributed by atoms with Crippen LogP contribution >= 0.6 is 0 Å². The van der Waals surface area contributed by atoms with Gasteiger partial charge in [-0.05, 0) is 29.5 Å². The summed E-state index contributed by atoms with van der Waals surface area (Å²) in [4.78, 5) is 12.3. The molecule has 0 atom stereocenters. The smallest absolute Gasteiger partial charge is 0.251 e. The molecule has 1 aromatic rings. The summed E-state index contributed by atoms with van der Waals surface area (Å²) >= 11 is 0. The first-order valence-corrected chi connectivity index (χ1v) is 6.93. The lowest BCUT2D eigenvalue weighted by Gasteiger charge is -2.30. The lowest BCUT2D eigenvalue weighted by molar-refractivity contribution is 0.0653. The van der Waals surface area contributed by atoms with Crippen LogP contribution in [0.1, 0.15) is 50.0 Å². The van der Waals surface area contributed by atoms with Gasteiger partial charge in [-0.25, -0.2) is 0 Å². The van der Waals surface area contributed by atoms with Gasteiger partial charge in [0, 0.05) is 5.56 Å². The third-order valence-corrected chi connectivity index (χ3v) is 3.65. The fraction of sp³-hybridized carbons (Fsp3) is 0.562. The van der Waals surface area contributed by atoms with Crippen LogP contribution < -0.4 is 5.32 Å². The highest BCUT2D eigenvalue weighted by atomic mass is 16.3. The fourth-order valence-corrected chi connectivity index (χ4v) is 1.88. The number of hydrogen-bond acceptors (Lipinski definition) is 3. The highest BCUT2D eigenvalue weighted by Gasteiger charge is 2.29. The molecule has 1 aromatic carbocycles. The monoisotopic (exact) mass is 279 g/mol. The second-order valence-electron chi connectivity index (χ2n) is 6.24. The molecule has 0 fully saturated rings.